The van der Waals surface area contributed by atoms with E-state index in [4.69, 9.17) is 9.47 Å². The lowest BCUT2D eigenvalue weighted by Gasteiger charge is -2.28. The second-order valence-electron chi connectivity index (χ2n) is 4.68. The summed E-state index contributed by atoms with van der Waals surface area (Å²) in [5, 5.41) is 0. The van der Waals surface area contributed by atoms with Crippen molar-refractivity contribution in [3.8, 4) is 0 Å². The van der Waals surface area contributed by atoms with Crippen LogP contribution in [-0.4, -0.2) is 75.5 Å². The van der Waals surface area contributed by atoms with Gasteiger partial charge in [0, 0.05) is 32.7 Å². The van der Waals surface area contributed by atoms with E-state index in [1.165, 1.54) is 0 Å². The quantitative estimate of drug-likeness (QED) is 0.642. The van der Waals surface area contributed by atoms with E-state index in [9.17, 15) is 0 Å². The van der Waals surface area contributed by atoms with Gasteiger partial charge in [-0.1, -0.05) is 0 Å². The maximum atomic E-state index is 5.53. The van der Waals surface area contributed by atoms with Gasteiger partial charge in [0.05, 0.1) is 25.9 Å². The number of hydrogen-bond acceptors (Lipinski definition) is 4. The van der Waals surface area contributed by atoms with E-state index in [0.717, 1.165) is 52.5 Å². The smallest absolute Gasteiger partial charge is 0.0596 e. The molecule has 1 saturated heterocycles. The van der Waals surface area contributed by atoms with Gasteiger partial charge in [-0.25, -0.2) is 0 Å². The zero-order valence-corrected chi connectivity index (χ0v) is 10.9. The van der Waals surface area contributed by atoms with Gasteiger partial charge in [-0.2, -0.15) is 0 Å². The monoisotopic (exact) mass is 230 g/mol. The van der Waals surface area contributed by atoms with Crippen LogP contribution >= 0.6 is 0 Å². The lowest BCUT2D eigenvalue weighted by atomic mass is 10.4. The normalized spacial score (nSPS) is 18.6. The molecule has 0 spiro atoms. The highest BCUT2D eigenvalue weighted by molar-refractivity contribution is 4.63. The van der Waals surface area contributed by atoms with E-state index in [2.05, 4.69) is 30.7 Å². The predicted octanol–water partition coefficient (Wildman–Crippen LogP) is 0.675. The van der Waals surface area contributed by atoms with Crippen molar-refractivity contribution >= 4 is 0 Å². The van der Waals surface area contributed by atoms with Gasteiger partial charge in [-0.3, -0.25) is 4.90 Å². The maximum Gasteiger partial charge on any atom is 0.0596 e. The SMILES string of the molecule is CC(C)OCCN(C)CCN1CCOCC1. The van der Waals surface area contributed by atoms with Crippen LogP contribution in [0.4, 0.5) is 0 Å². The molecule has 0 aromatic heterocycles. The summed E-state index contributed by atoms with van der Waals surface area (Å²) in [4.78, 5) is 4.79. The van der Waals surface area contributed by atoms with Crippen molar-refractivity contribution in [1.82, 2.24) is 9.80 Å². The summed E-state index contributed by atoms with van der Waals surface area (Å²) in [7, 11) is 2.16. The van der Waals surface area contributed by atoms with Gasteiger partial charge < -0.3 is 14.4 Å². The minimum Gasteiger partial charge on any atom is -0.379 e. The topological polar surface area (TPSA) is 24.9 Å². The molecule has 0 aliphatic carbocycles. The van der Waals surface area contributed by atoms with Gasteiger partial charge in [0.2, 0.25) is 0 Å². The summed E-state index contributed by atoms with van der Waals surface area (Å²) in [5.41, 5.74) is 0. The second kappa shape index (κ2) is 8.01. The maximum absolute atomic E-state index is 5.53. The Morgan fingerprint density at radius 2 is 1.94 bits per heavy atom. The highest BCUT2D eigenvalue weighted by Crippen LogP contribution is 1.97. The molecule has 1 aliphatic heterocycles. The fraction of sp³-hybridized carbons (Fsp3) is 1.00. The first kappa shape index (κ1) is 13.9. The minimum absolute atomic E-state index is 0.340. The molecule has 1 fully saturated rings. The van der Waals surface area contributed by atoms with E-state index in [1.807, 2.05) is 0 Å². The van der Waals surface area contributed by atoms with Crippen molar-refractivity contribution in [3.63, 3.8) is 0 Å². The second-order valence-corrected chi connectivity index (χ2v) is 4.68. The Bertz CT molecular complexity index is 170. The Balaban J connectivity index is 1.98. The van der Waals surface area contributed by atoms with Gasteiger partial charge in [0.15, 0.2) is 0 Å². The summed E-state index contributed by atoms with van der Waals surface area (Å²) in [6.45, 7) is 12.2. The van der Waals surface area contributed by atoms with Crippen molar-refractivity contribution in [2.24, 2.45) is 0 Å². The van der Waals surface area contributed by atoms with Gasteiger partial charge in [0.25, 0.3) is 0 Å². The highest BCUT2D eigenvalue weighted by atomic mass is 16.5. The molecule has 16 heavy (non-hydrogen) atoms. The van der Waals surface area contributed by atoms with Crippen LogP contribution in [0.25, 0.3) is 0 Å². The molecule has 0 aromatic carbocycles. The fourth-order valence-electron chi connectivity index (χ4n) is 1.69. The lowest BCUT2D eigenvalue weighted by molar-refractivity contribution is 0.0302. The molecule has 0 amide bonds. The van der Waals surface area contributed by atoms with E-state index < -0.39 is 0 Å². The van der Waals surface area contributed by atoms with Gasteiger partial charge in [0.1, 0.15) is 0 Å². The molecule has 4 heteroatoms. The summed E-state index contributed by atoms with van der Waals surface area (Å²) >= 11 is 0. The van der Waals surface area contributed by atoms with Gasteiger partial charge in [-0.15, -0.1) is 0 Å². The zero-order chi connectivity index (χ0) is 11.8. The van der Waals surface area contributed by atoms with Crippen LogP contribution in [-0.2, 0) is 9.47 Å². The third-order valence-corrected chi connectivity index (χ3v) is 2.83. The largest absolute Gasteiger partial charge is 0.379 e. The summed E-state index contributed by atoms with van der Waals surface area (Å²) in [5.74, 6) is 0. The molecule has 0 atom stereocenters. The Morgan fingerprint density at radius 3 is 2.56 bits per heavy atom. The summed E-state index contributed by atoms with van der Waals surface area (Å²) in [6.07, 6.45) is 0.340. The summed E-state index contributed by atoms with van der Waals surface area (Å²) < 4.78 is 10.9. The van der Waals surface area contributed by atoms with Crippen molar-refractivity contribution in [3.05, 3.63) is 0 Å². The molecule has 1 aliphatic rings. The molecule has 96 valence electrons. The highest BCUT2D eigenvalue weighted by Gasteiger charge is 2.10. The molecule has 0 unspecified atom stereocenters. The van der Waals surface area contributed by atoms with Crippen molar-refractivity contribution in [2.75, 3.05) is 59.6 Å². The van der Waals surface area contributed by atoms with Gasteiger partial charge >= 0.3 is 0 Å². The first-order valence-electron chi connectivity index (χ1n) is 6.28. The Kier molecular flexibility index (Phi) is 6.96. The van der Waals surface area contributed by atoms with E-state index in [1.54, 1.807) is 0 Å². The first-order valence-corrected chi connectivity index (χ1v) is 6.28. The van der Waals surface area contributed by atoms with Crippen LogP contribution < -0.4 is 0 Å². The Hall–Kier alpha value is -0.160. The standard InChI is InChI=1S/C12H26N2O2/c1-12(2)16-11-6-13(3)4-5-14-7-9-15-10-8-14/h12H,4-11H2,1-3H3. The molecular weight excluding hydrogens is 204 g/mol. The number of likely N-dealkylation sites (N-methyl/N-ethyl adjacent to an activating group) is 1. The lowest BCUT2D eigenvalue weighted by Crippen LogP contribution is -2.41. The molecule has 0 aromatic rings. The molecule has 0 bridgehead atoms. The third kappa shape index (κ3) is 6.43. The number of nitrogens with zero attached hydrogens (tertiary/aromatic N) is 2. The Morgan fingerprint density at radius 1 is 1.25 bits per heavy atom. The third-order valence-electron chi connectivity index (χ3n) is 2.83. The van der Waals surface area contributed by atoms with Crippen LogP contribution in [0.1, 0.15) is 13.8 Å². The average molecular weight is 230 g/mol. The van der Waals surface area contributed by atoms with Crippen LogP contribution in [0.2, 0.25) is 0 Å². The molecule has 0 saturated carbocycles. The molecule has 0 radical (unpaired) electrons. The molecule has 4 nitrogen and oxygen atoms in total. The Labute approximate surface area is 99.5 Å². The molecule has 0 N–H and O–H groups in total. The number of morpholine rings is 1. The number of hydrogen-bond donors (Lipinski definition) is 0. The number of rotatable bonds is 7. The first-order chi connectivity index (χ1) is 7.68. The van der Waals surface area contributed by atoms with Crippen LogP contribution in [0.5, 0.6) is 0 Å². The molecule has 1 rings (SSSR count). The van der Waals surface area contributed by atoms with Crippen LogP contribution in [0.15, 0.2) is 0 Å². The van der Waals surface area contributed by atoms with Crippen LogP contribution in [0.3, 0.4) is 0 Å². The average Bonchev–Trinajstić information content (AvgIpc) is 2.27. The molecule has 1 heterocycles. The van der Waals surface area contributed by atoms with E-state index in [0.29, 0.717) is 6.10 Å². The van der Waals surface area contributed by atoms with Gasteiger partial charge in [-0.05, 0) is 20.9 Å². The number of ether oxygens (including phenoxy) is 2. The van der Waals surface area contributed by atoms with E-state index >= 15 is 0 Å². The molecular formula is C12H26N2O2. The van der Waals surface area contributed by atoms with Crippen molar-refractivity contribution < 1.29 is 9.47 Å². The van der Waals surface area contributed by atoms with Crippen LogP contribution in [0, 0.1) is 0 Å². The fourth-order valence-corrected chi connectivity index (χ4v) is 1.69. The van der Waals surface area contributed by atoms with Crippen molar-refractivity contribution in [1.29, 1.82) is 0 Å². The van der Waals surface area contributed by atoms with Crippen molar-refractivity contribution in [2.45, 2.75) is 20.0 Å². The predicted molar refractivity (Wildman–Crippen MR) is 65.8 cm³/mol. The zero-order valence-electron chi connectivity index (χ0n) is 10.9. The minimum atomic E-state index is 0.340. The van der Waals surface area contributed by atoms with E-state index in [-0.39, 0.29) is 0 Å². The summed E-state index contributed by atoms with van der Waals surface area (Å²) in [6, 6.07) is 0.